The van der Waals surface area contributed by atoms with E-state index in [1.54, 1.807) is 0 Å². The highest BCUT2D eigenvalue weighted by Gasteiger charge is 2.04. The minimum Gasteiger partial charge on any atom is -0.0984 e. The second-order valence-electron chi connectivity index (χ2n) is 2.63. The van der Waals surface area contributed by atoms with Gasteiger partial charge in [-0.1, -0.05) is 48.2 Å². The molecular weight excluding hydrogens is 152 g/mol. The molecule has 0 amide bonds. The third kappa shape index (κ3) is 1.66. The smallest absolute Gasteiger partial charge is 0.00307 e. The van der Waals surface area contributed by atoms with E-state index in [-0.39, 0.29) is 0 Å². The van der Waals surface area contributed by atoms with Crippen molar-refractivity contribution in [2.45, 2.75) is 12.8 Å². The van der Waals surface area contributed by atoms with Crippen LogP contribution in [-0.2, 0) is 0 Å². The molecule has 0 saturated carbocycles. The molecule has 2 rings (SSSR count). The average molecular weight is 162 g/mol. The Morgan fingerprint density at radius 1 is 0.909 bits per heavy atom. The first-order valence-corrected chi connectivity index (χ1v) is 4.66. The van der Waals surface area contributed by atoms with E-state index in [9.17, 15) is 0 Å². The fraction of sp³-hybridized carbons (Fsp3) is 0.200. The molecule has 0 unspecified atom stereocenters. The molecule has 2 aliphatic carbocycles. The summed E-state index contributed by atoms with van der Waals surface area (Å²) < 4.78 is 0. The van der Waals surface area contributed by atoms with Crippen molar-refractivity contribution in [1.82, 2.24) is 0 Å². The maximum absolute atomic E-state index is 2.20. The van der Waals surface area contributed by atoms with Gasteiger partial charge in [-0.3, -0.25) is 0 Å². The van der Waals surface area contributed by atoms with E-state index < -0.39 is 0 Å². The zero-order chi connectivity index (χ0) is 7.52. The molecule has 2 aliphatic rings. The molecule has 11 heavy (non-hydrogen) atoms. The molecule has 1 heteroatoms. The molecule has 0 aromatic rings. The standard InChI is InChI=1S/C10H10S/c1-2-6-9(5-1)11-10-7-3-4-8-10/h1-5,7H,6,8H2. The highest BCUT2D eigenvalue weighted by Crippen LogP contribution is 2.34. The van der Waals surface area contributed by atoms with Crippen molar-refractivity contribution < 1.29 is 0 Å². The lowest BCUT2D eigenvalue weighted by Gasteiger charge is -2.00. The molecule has 0 N–H and O–H groups in total. The molecule has 0 atom stereocenters. The molecule has 0 aromatic carbocycles. The van der Waals surface area contributed by atoms with Gasteiger partial charge in [0.2, 0.25) is 0 Å². The minimum atomic E-state index is 1.13. The van der Waals surface area contributed by atoms with Crippen LogP contribution in [0.2, 0.25) is 0 Å². The summed E-state index contributed by atoms with van der Waals surface area (Å²) >= 11 is 1.91. The van der Waals surface area contributed by atoms with Crippen molar-refractivity contribution in [3.8, 4) is 0 Å². The van der Waals surface area contributed by atoms with E-state index in [2.05, 4.69) is 36.5 Å². The fourth-order valence-corrected chi connectivity index (χ4v) is 2.16. The molecule has 0 nitrogen and oxygen atoms in total. The number of hydrogen-bond donors (Lipinski definition) is 0. The van der Waals surface area contributed by atoms with Gasteiger partial charge in [-0.05, 0) is 22.7 Å². The normalized spacial score (nSPS) is 20.7. The molecular formula is C10H10S. The van der Waals surface area contributed by atoms with Crippen molar-refractivity contribution in [3.63, 3.8) is 0 Å². The molecule has 0 heterocycles. The monoisotopic (exact) mass is 162 g/mol. The third-order valence-corrected chi connectivity index (χ3v) is 2.87. The first-order chi connectivity index (χ1) is 5.45. The Morgan fingerprint density at radius 2 is 1.45 bits per heavy atom. The van der Waals surface area contributed by atoms with Gasteiger partial charge in [0.25, 0.3) is 0 Å². The van der Waals surface area contributed by atoms with Gasteiger partial charge in [-0.15, -0.1) is 0 Å². The van der Waals surface area contributed by atoms with Gasteiger partial charge in [0, 0.05) is 0 Å². The minimum absolute atomic E-state index is 1.13. The predicted octanol–water partition coefficient (Wildman–Crippen LogP) is 3.41. The lowest BCUT2D eigenvalue weighted by molar-refractivity contribution is 1.39. The van der Waals surface area contributed by atoms with Crippen molar-refractivity contribution in [3.05, 3.63) is 46.3 Å². The zero-order valence-corrected chi connectivity index (χ0v) is 7.10. The summed E-state index contributed by atoms with van der Waals surface area (Å²) in [6.07, 6.45) is 15.3. The van der Waals surface area contributed by atoms with Gasteiger partial charge in [0.15, 0.2) is 0 Å². The fourth-order valence-electron chi connectivity index (χ4n) is 1.17. The van der Waals surface area contributed by atoms with E-state index in [0.29, 0.717) is 0 Å². The van der Waals surface area contributed by atoms with Crippen LogP contribution in [0.25, 0.3) is 0 Å². The van der Waals surface area contributed by atoms with Crippen molar-refractivity contribution in [2.75, 3.05) is 0 Å². The summed E-state index contributed by atoms with van der Waals surface area (Å²) in [4.78, 5) is 2.94. The molecule has 0 fully saturated rings. The van der Waals surface area contributed by atoms with E-state index >= 15 is 0 Å². The second-order valence-corrected chi connectivity index (χ2v) is 3.89. The Morgan fingerprint density at radius 3 is 1.82 bits per heavy atom. The van der Waals surface area contributed by atoms with E-state index in [4.69, 9.17) is 0 Å². The van der Waals surface area contributed by atoms with Gasteiger partial charge < -0.3 is 0 Å². The van der Waals surface area contributed by atoms with Crippen LogP contribution in [0.3, 0.4) is 0 Å². The van der Waals surface area contributed by atoms with Gasteiger partial charge in [0.05, 0.1) is 0 Å². The Hall–Kier alpha value is -0.690. The van der Waals surface area contributed by atoms with Gasteiger partial charge >= 0.3 is 0 Å². The molecule has 0 radical (unpaired) electrons. The highest BCUT2D eigenvalue weighted by atomic mass is 32.2. The number of thioether (sulfide) groups is 1. The summed E-state index contributed by atoms with van der Waals surface area (Å²) in [7, 11) is 0. The molecule has 0 spiro atoms. The summed E-state index contributed by atoms with van der Waals surface area (Å²) in [6.45, 7) is 0. The van der Waals surface area contributed by atoms with Gasteiger partial charge in [-0.2, -0.15) is 0 Å². The van der Waals surface area contributed by atoms with E-state index in [1.807, 2.05) is 11.8 Å². The van der Waals surface area contributed by atoms with Crippen molar-refractivity contribution in [1.29, 1.82) is 0 Å². The van der Waals surface area contributed by atoms with Crippen LogP contribution < -0.4 is 0 Å². The SMILES string of the molecule is C1=CCC(SC2=CC=CC2)=C1. The molecule has 0 bridgehead atoms. The first kappa shape index (κ1) is 6.99. The van der Waals surface area contributed by atoms with Gasteiger partial charge in [-0.25, -0.2) is 0 Å². The van der Waals surface area contributed by atoms with Crippen LogP contribution in [0.1, 0.15) is 12.8 Å². The maximum atomic E-state index is 2.20. The molecule has 56 valence electrons. The quantitative estimate of drug-likeness (QED) is 0.599. The number of rotatable bonds is 2. The topological polar surface area (TPSA) is 0 Å². The first-order valence-electron chi connectivity index (χ1n) is 3.84. The summed E-state index contributed by atoms with van der Waals surface area (Å²) in [5, 5.41) is 0. The Kier molecular flexibility index (Phi) is 1.99. The maximum Gasteiger partial charge on any atom is -0.00307 e. The van der Waals surface area contributed by atoms with Crippen LogP contribution in [0.4, 0.5) is 0 Å². The largest absolute Gasteiger partial charge is 0.0984 e. The third-order valence-electron chi connectivity index (χ3n) is 1.74. The van der Waals surface area contributed by atoms with Crippen molar-refractivity contribution in [2.24, 2.45) is 0 Å². The Labute approximate surface area is 71.4 Å². The molecule has 0 aromatic heterocycles. The van der Waals surface area contributed by atoms with Crippen LogP contribution in [0.5, 0.6) is 0 Å². The van der Waals surface area contributed by atoms with E-state index in [1.165, 1.54) is 9.81 Å². The Balaban J connectivity index is 1.91. The van der Waals surface area contributed by atoms with Gasteiger partial charge in [0.1, 0.15) is 0 Å². The lowest BCUT2D eigenvalue weighted by atomic mass is 10.5. The van der Waals surface area contributed by atoms with Crippen LogP contribution >= 0.6 is 11.8 Å². The number of allylic oxidation sites excluding steroid dienone is 8. The van der Waals surface area contributed by atoms with Crippen molar-refractivity contribution >= 4 is 11.8 Å². The van der Waals surface area contributed by atoms with Crippen LogP contribution in [0.15, 0.2) is 46.3 Å². The predicted molar refractivity (Wildman–Crippen MR) is 51.3 cm³/mol. The van der Waals surface area contributed by atoms with Crippen LogP contribution in [0, 0.1) is 0 Å². The Bertz CT molecular complexity index is 239. The summed E-state index contributed by atoms with van der Waals surface area (Å²) in [6, 6.07) is 0. The van der Waals surface area contributed by atoms with E-state index in [0.717, 1.165) is 12.8 Å². The zero-order valence-electron chi connectivity index (χ0n) is 6.29. The summed E-state index contributed by atoms with van der Waals surface area (Å²) in [5.41, 5.74) is 0. The lowest BCUT2D eigenvalue weighted by Crippen LogP contribution is -1.72. The van der Waals surface area contributed by atoms with Crippen LogP contribution in [-0.4, -0.2) is 0 Å². The highest BCUT2D eigenvalue weighted by molar-refractivity contribution is 8.06. The molecule has 0 aliphatic heterocycles. The average Bonchev–Trinajstić information content (AvgIpc) is 2.60. The summed E-state index contributed by atoms with van der Waals surface area (Å²) in [5.74, 6) is 0. The second kappa shape index (κ2) is 3.14. The molecule has 0 saturated heterocycles. The number of hydrogen-bond acceptors (Lipinski definition) is 1.